The number of carbonyl (C=O) groups excluding carboxylic acids is 3. The summed E-state index contributed by atoms with van der Waals surface area (Å²) >= 11 is 2.46. The maximum atomic E-state index is 12.8. The number of fused-ring (bicyclic) bond motifs is 1. The number of oxime groups is 1. The Morgan fingerprint density at radius 3 is 2.88 bits per heavy atom. The first-order valence-corrected chi connectivity index (χ1v) is 11.1. The quantitative estimate of drug-likeness (QED) is 0.184. The van der Waals surface area contributed by atoms with E-state index < -0.39 is 29.2 Å². The number of hydrogen-bond donors (Lipinski definition) is 2. The number of rotatable bonds is 7. The van der Waals surface area contributed by atoms with Gasteiger partial charge in [0.15, 0.2) is 23.2 Å². The van der Waals surface area contributed by atoms with Crippen LogP contribution < -0.4 is 20.8 Å². The van der Waals surface area contributed by atoms with Crippen molar-refractivity contribution < 1.29 is 29.0 Å². The molecule has 0 aromatic carbocycles. The number of thiazole rings is 1. The van der Waals surface area contributed by atoms with Gasteiger partial charge in [-0.2, -0.15) is 0 Å². The number of nitrogen functional groups attached to an aromatic ring is 1. The molecule has 2 aliphatic rings. The largest absolute Gasteiger partial charge is 0.543 e. The summed E-state index contributed by atoms with van der Waals surface area (Å²) in [6.45, 7) is 0.195. The predicted octanol–water partition coefficient (Wildman–Crippen LogP) is -2.80. The Morgan fingerprint density at radius 2 is 2.28 bits per heavy atom. The second-order valence-electron chi connectivity index (χ2n) is 6.85. The Hall–Kier alpha value is -3.46. The average molecular weight is 479 g/mol. The SMILES string of the molecule is CO/N=C(\C(=O)N[C@@H]1C(=O)N2C(C(=O)[O-])=C(Cn3cc[n+](C)n3)CS[C@H]12)c1csc(N)n1. The molecule has 168 valence electrons. The zero-order chi connectivity index (χ0) is 23.0. The maximum Gasteiger partial charge on any atom is 0.276 e. The summed E-state index contributed by atoms with van der Waals surface area (Å²) in [6.07, 6.45) is 3.41. The molecule has 0 aliphatic carbocycles. The number of aryl methyl sites for hydroxylation is 1. The van der Waals surface area contributed by atoms with Gasteiger partial charge in [-0.05, 0) is 0 Å². The number of β-lactam (4-membered cyclic amide) rings is 1. The lowest BCUT2D eigenvalue weighted by Crippen LogP contribution is -2.71. The van der Waals surface area contributed by atoms with Crippen molar-refractivity contribution >= 4 is 51.7 Å². The normalized spacial score (nSPS) is 20.6. The van der Waals surface area contributed by atoms with E-state index in [-0.39, 0.29) is 28.8 Å². The summed E-state index contributed by atoms with van der Waals surface area (Å²) in [5, 5.41) is 23.5. The molecule has 13 nitrogen and oxygen atoms in total. The number of nitrogens with two attached hydrogens (primary N) is 1. The molecule has 4 rings (SSSR count). The van der Waals surface area contributed by atoms with E-state index in [1.807, 2.05) is 0 Å². The van der Waals surface area contributed by atoms with Crippen LogP contribution in [0.15, 0.2) is 34.2 Å². The van der Waals surface area contributed by atoms with E-state index in [0.717, 1.165) is 16.2 Å². The maximum absolute atomic E-state index is 12.8. The molecule has 4 heterocycles. The van der Waals surface area contributed by atoms with Crippen molar-refractivity contribution in [3.8, 4) is 0 Å². The van der Waals surface area contributed by atoms with Gasteiger partial charge in [-0.25, -0.2) is 4.98 Å². The fourth-order valence-electron chi connectivity index (χ4n) is 3.39. The van der Waals surface area contributed by atoms with E-state index in [1.165, 1.54) is 24.3 Å². The molecule has 2 amide bonds. The molecule has 1 saturated heterocycles. The molecule has 15 heteroatoms. The number of aromatic nitrogens is 4. The van der Waals surface area contributed by atoms with E-state index >= 15 is 0 Å². The van der Waals surface area contributed by atoms with Gasteiger partial charge in [0.2, 0.25) is 0 Å². The third kappa shape index (κ3) is 3.91. The molecule has 3 N–H and O–H groups in total. The van der Waals surface area contributed by atoms with E-state index in [4.69, 9.17) is 10.6 Å². The number of carbonyl (C=O) groups is 3. The molecule has 2 atom stereocenters. The smallest absolute Gasteiger partial charge is 0.276 e. The molecular formula is C17H18N8O5S2. The second kappa shape index (κ2) is 8.58. The minimum atomic E-state index is -1.46. The topological polar surface area (TPSA) is 172 Å². The van der Waals surface area contributed by atoms with Gasteiger partial charge in [0.25, 0.3) is 11.8 Å². The van der Waals surface area contributed by atoms with E-state index in [9.17, 15) is 19.5 Å². The lowest BCUT2D eigenvalue weighted by atomic mass is 10.0. The minimum absolute atomic E-state index is 0.143. The minimum Gasteiger partial charge on any atom is -0.543 e. The first-order chi connectivity index (χ1) is 15.3. The molecule has 2 aromatic heterocycles. The van der Waals surface area contributed by atoms with E-state index in [0.29, 0.717) is 11.3 Å². The van der Waals surface area contributed by atoms with Crippen molar-refractivity contribution in [2.45, 2.75) is 18.0 Å². The summed E-state index contributed by atoms with van der Waals surface area (Å²) < 4.78 is 3.14. The van der Waals surface area contributed by atoms with Crippen molar-refractivity contribution in [3.05, 3.63) is 34.7 Å². The molecular weight excluding hydrogens is 460 g/mol. The number of carboxylic acids is 1. The van der Waals surface area contributed by atoms with Crippen molar-refractivity contribution in [2.75, 3.05) is 18.6 Å². The molecule has 2 aromatic rings. The summed E-state index contributed by atoms with van der Waals surface area (Å²) in [7, 11) is 3.01. The Labute approximate surface area is 189 Å². The Morgan fingerprint density at radius 1 is 1.50 bits per heavy atom. The standard InChI is InChI=1S/C17H18N8O5S2/c1-23-3-4-24(22-23)5-8-6-31-15-11(14(27)25(15)12(8)16(28)29)20-13(26)10(21-30-2)9-7-32-17(18)19-9/h3-4,7,11,15H,5-6H2,1-2H3,(H3-,18,19,20,26,28,29)/b21-10-/t11-,15-/m1/s1. The zero-order valence-corrected chi connectivity index (χ0v) is 18.6. The second-order valence-corrected chi connectivity index (χ2v) is 8.85. The van der Waals surface area contributed by atoms with Crippen LogP contribution in [0.4, 0.5) is 5.13 Å². The van der Waals surface area contributed by atoms with Crippen LogP contribution in [-0.2, 0) is 32.8 Å². The fraction of sp³-hybridized carbons (Fsp3) is 0.353. The van der Waals surface area contributed by atoms with Gasteiger partial charge in [-0.3, -0.25) is 14.5 Å². The van der Waals surface area contributed by atoms with Crippen LogP contribution in [0.25, 0.3) is 0 Å². The molecule has 0 unspecified atom stereocenters. The van der Waals surface area contributed by atoms with Gasteiger partial charge in [-0.1, -0.05) is 5.16 Å². The van der Waals surface area contributed by atoms with Crippen LogP contribution in [-0.4, -0.2) is 67.6 Å². The summed E-state index contributed by atoms with van der Waals surface area (Å²) in [5.41, 5.74) is 5.98. The van der Waals surface area contributed by atoms with Crippen LogP contribution in [0.5, 0.6) is 0 Å². The van der Waals surface area contributed by atoms with Crippen LogP contribution in [0, 0.1) is 0 Å². The number of anilines is 1. The Kier molecular flexibility index (Phi) is 5.84. The highest BCUT2D eigenvalue weighted by molar-refractivity contribution is 8.00. The Bertz CT molecular complexity index is 1160. The highest BCUT2D eigenvalue weighted by Crippen LogP contribution is 2.40. The van der Waals surface area contributed by atoms with Gasteiger partial charge in [0.1, 0.15) is 37.8 Å². The summed E-state index contributed by atoms with van der Waals surface area (Å²) in [6, 6.07) is -0.941. The van der Waals surface area contributed by atoms with E-state index in [1.54, 1.807) is 28.8 Å². The number of nitrogens with zero attached hydrogens (tertiary/aromatic N) is 6. The molecule has 0 spiro atoms. The number of carboxylic acid groups (broad SMARTS) is 1. The van der Waals surface area contributed by atoms with Gasteiger partial charge in [0, 0.05) is 16.7 Å². The van der Waals surface area contributed by atoms with Crippen molar-refractivity contribution in [1.82, 2.24) is 25.1 Å². The lowest BCUT2D eigenvalue weighted by Gasteiger charge is -2.50. The van der Waals surface area contributed by atoms with E-state index in [2.05, 4.69) is 20.7 Å². The molecule has 1 fully saturated rings. The van der Waals surface area contributed by atoms with Gasteiger partial charge < -0.3 is 25.8 Å². The van der Waals surface area contributed by atoms with Crippen LogP contribution >= 0.6 is 23.1 Å². The molecule has 0 bridgehead atoms. The third-order valence-corrected chi connectivity index (χ3v) is 6.77. The van der Waals surface area contributed by atoms with Crippen molar-refractivity contribution in [3.63, 3.8) is 0 Å². The highest BCUT2D eigenvalue weighted by atomic mass is 32.2. The molecule has 0 radical (unpaired) electrons. The first kappa shape index (κ1) is 21.8. The fourth-order valence-corrected chi connectivity index (χ4v) is 5.27. The van der Waals surface area contributed by atoms with Gasteiger partial charge >= 0.3 is 0 Å². The number of amides is 2. The summed E-state index contributed by atoms with van der Waals surface area (Å²) in [5.74, 6) is -2.38. The van der Waals surface area contributed by atoms with Crippen molar-refractivity contribution in [1.29, 1.82) is 0 Å². The molecule has 2 aliphatic heterocycles. The number of thioether (sulfide) groups is 1. The van der Waals surface area contributed by atoms with Crippen LogP contribution in [0.1, 0.15) is 5.69 Å². The molecule has 32 heavy (non-hydrogen) atoms. The van der Waals surface area contributed by atoms with Crippen LogP contribution in [0.3, 0.4) is 0 Å². The third-order valence-electron chi connectivity index (χ3n) is 4.75. The number of nitrogens with one attached hydrogen (secondary N) is 1. The predicted molar refractivity (Wildman–Crippen MR) is 111 cm³/mol. The molecule has 0 saturated carbocycles. The van der Waals surface area contributed by atoms with Gasteiger partial charge in [0.05, 0.1) is 16.9 Å². The first-order valence-electron chi connectivity index (χ1n) is 9.21. The van der Waals surface area contributed by atoms with Crippen molar-refractivity contribution in [2.24, 2.45) is 12.2 Å². The zero-order valence-electron chi connectivity index (χ0n) is 16.9. The average Bonchev–Trinajstić information content (AvgIpc) is 3.37. The monoisotopic (exact) mass is 478 g/mol. The number of hydrogen-bond acceptors (Lipinski definition) is 11. The van der Waals surface area contributed by atoms with Crippen LogP contribution in [0.2, 0.25) is 0 Å². The highest BCUT2D eigenvalue weighted by Gasteiger charge is 2.53. The van der Waals surface area contributed by atoms with Gasteiger partial charge in [-0.15, -0.1) is 32.5 Å². The Balaban J connectivity index is 1.53. The lowest BCUT2D eigenvalue weighted by molar-refractivity contribution is -0.732. The summed E-state index contributed by atoms with van der Waals surface area (Å²) in [4.78, 5) is 47.3. The number of aliphatic carboxylic acids is 1.